The van der Waals surface area contributed by atoms with Crippen molar-refractivity contribution in [1.29, 1.82) is 0 Å². The topological polar surface area (TPSA) is 42.4 Å². The normalized spacial score (nSPS) is 11.7. The summed E-state index contributed by atoms with van der Waals surface area (Å²) < 4.78 is 12.4. The molecule has 0 aliphatic heterocycles. The molecule has 49 heavy (non-hydrogen) atoms. The number of benzene rings is 7. The molecule has 0 aliphatic carbocycles. The second-order valence-electron chi connectivity index (χ2n) is 12.4. The van der Waals surface area contributed by atoms with E-state index in [1.54, 1.807) is 6.20 Å². The summed E-state index contributed by atoms with van der Waals surface area (Å²) in [6.45, 7) is 0. The van der Waals surface area contributed by atoms with Crippen molar-refractivity contribution >= 4 is 71.8 Å². The van der Waals surface area contributed by atoms with Crippen LogP contribution in [0.3, 0.4) is 0 Å². The lowest BCUT2D eigenvalue weighted by molar-refractivity contribution is 0.657. The van der Waals surface area contributed by atoms with E-state index in [1.807, 2.05) is 18.2 Å². The van der Waals surface area contributed by atoms with Crippen LogP contribution in [0.15, 0.2) is 179 Å². The number of hydrogen-bond acceptors (Lipinski definition) is 4. The highest BCUT2D eigenvalue weighted by atomic mass is 16.3. The SMILES string of the molecule is c1ccc(-c2ccc(N(c3cccc(-c4ccc5c(ccc6c7cccnc7oc56)c4)c3)c3ccc4oc5ccccc5c4c3)cc2)cc1. The Morgan fingerprint density at radius 2 is 1.08 bits per heavy atom. The van der Waals surface area contributed by atoms with Gasteiger partial charge in [-0.05, 0) is 107 Å². The Morgan fingerprint density at radius 1 is 0.388 bits per heavy atom. The number of furan rings is 2. The lowest BCUT2D eigenvalue weighted by Gasteiger charge is -2.26. The van der Waals surface area contributed by atoms with Gasteiger partial charge in [-0.15, -0.1) is 0 Å². The van der Waals surface area contributed by atoms with Crippen molar-refractivity contribution in [3.05, 3.63) is 170 Å². The molecule has 3 heterocycles. The van der Waals surface area contributed by atoms with Crippen molar-refractivity contribution in [2.75, 3.05) is 4.90 Å². The molecule has 0 N–H and O–H groups in total. The fourth-order valence-corrected chi connectivity index (χ4v) is 7.14. The van der Waals surface area contributed by atoms with Gasteiger partial charge in [-0.3, -0.25) is 0 Å². The van der Waals surface area contributed by atoms with Crippen LogP contribution in [0, 0.1) is 0 Å². The fraction of sp³-hybridized carbons (Fsp3) is 0. The molecule has 10 aromatic rings. The molecular weight excluding hydrogens is 601 g/mol. The van der Waals surface area contributed by atoms with Gasteiger partial charge in [0.2, 0.25) is 5.71 Å². The molecular formula is C45H28N2O2. The number of rotatable bonds is 5. The minimum atomic E-state index is 0.667. The summed E-state index contributed by atoms with van der Waals surface area (Å²) in [5.74, 6) is 0. The standard InChI is InChI=1S/C45H28N2O2/c1-2-8-29(9-3-1)30-15-19-34(20-16-30)47(36-21-24-43-41(28-36)38-12-4-5-14-42(38)48-43)35-11-6-10-31(27-35)32-17-22-37-33(26-32)18-23-39-40-13-7-25-46-45(40)49-44(37)39/h1-28H. The van der Waals surface area contributed by atoms with Gasteiger partial charge in [-0.25, -0.2) is 4.98 Å². The summed E-state index contributed by atoms with van der Waals surface area (Å²) in [7, 11) is 0. The van der Waals surface area contributed by atoms with E-state index in [1.165, 1.54) is 11.1 Å². The maximum Gasteiger partial charge on any atom is 0.227 e. The third-order valence-corrected chi connectivity index (χ3v) is 9.52. The van der Waals surface area contributed by atoms with Crippen LogP contribution in [-0.2, 0) is 0 Å². The predicted molar refractivity (Wildman–Crippen MR) is 202 cm³/mol. The molecule has 0 aliphatic rings. The lowest BCUT2D eigenvalue weighted by Crippen LogP contribution is -2.10. The predicted octanol–water partition coefficient (Wildman–Crippen LogP) is 12.8. The third-order valence-electron chi connectivity index (χ3n) is 9.52. The molecule has 4 nitrogen and oxygen atoms in total. The van der Waals surface area contributed by atoms with Crippen molar-refractivity contribution in [2.24, 2.45) is 0 Å². The van der Waals surface area contributed by atoms with Gasteiger partial charge in [0, 0.05) is 50.2 Å². The van der Waals surface area contributed by atoms with Gasteiger partial charge in [0.05, 0.1) is 0 Å². The van der Waals surface area contributed by atoms with Crippen molar-refractivity contribution in [3.63, 3.8) is 0 Å². The van der Waals surface area contributed by atoms with Crippen LogP contribution in [0.1, 0.15) is 0 Å². The zero-order chi connectivity index (χ0) is 32.3. The van der Waals surface area contributed by atoms with Crippen LogP contribution in [-0.4, -0.2) is 4.98 Å². The maximum absolute atomic E-state index is 6.22. The maximum atomic E-state index is 6.22. The first-order valence-corrected chi connectivity index (χ1v) is 16.4. The highest BCUT2D eigenvalue weighted by molar-refractivity contribution is 6.14. The number of pyridine rings is 1. The van der Waals surface area contributed by atoms with Crippen molar-refractivity contribution in [2.45, 2.75) is 0 Å². The van der Waals surface area contributed by atoms with E-state index in [9.17, 15) is 0 Å². The fourth-order valence-electron chi connectivity index (χ4n) is 7.14. The molecule has 0 fully saturated rings. The number of fused-ring (bicyclic) bond motifs is 8. The van der Waals surface area contributed by atoms with Gasteiger partial charge in [0.25, 0.3) is 0 Å². The number of nitrogens with zero attached hydrogens (tertiary/aromatic N) is 2. The van der Waals surface area contributed by atoms with E-state index in [2.05, 4.69) is 155 Å². The molecule has 0 saturated heterocycles. The summed E-state index contributed by atoms with van der Waals surface area (Å²) in [6.07, 6.45) is 1.77. The van der Waals surface area contributed by atoms with E-state index in [-0.39, 0.29) is 0 Å². The molecule has 0 radical (unpaired) electrons. The molecule has 10 rings (SSSR count). The van der Waals surface area contributed by atoms with Crippen LogP contribution < -0.4 is 4.90 Å². The summed E-state index contributed by atoms with van der Waals surface area (Å²) in [6, 6.07) is 57.7. The zero-order valence-corrected chi connectivity index (χ0v) is 26.4. The van der Waals surface area contributed by atoms with Crippen LogP contribution in [0.4, 0.5) is 17.1 Å². The first-order valence-electron chi connectivity index (χ1n) is 16.4. The summed E-state index contributed by atoms with van der Waals surface area (Å²) in [5, 5.41) is 6.53. The van der Waals surface area contributed by atoms with Gasteiger partial charge in [0.1, 0.15) is 16.7 Å². The van der Waals surface area contributed by atoms with Crippen molar-refractivity contribution in [1.82, 2.24) is 4.98 Å². The average Bonchev–Trinajstić information content (AvgIpc) is 3.74. The van der Waals surface area contributed by atoms with Gasteiger partial charge < -0.3 is 13.7 Å². The summed E-state index contributed by atoms with van der Waals surface area (Å²) >= 11 is 0. The molecule has 0 spiro atoms. The first kappa shape index (κ1) is 27.5. The largest absolute Gasteiger partial charge is 0.456 e. The molecule has 0 bridgehead atoms. The Hall–Kier alpha value is -6.65. The molecule has 0 atom stereocenters. The molecule has 4 heteroatoms. The molecule has 230 valence electrons. The second-order valence-corrected chi connectivity index (χ2v) is 12.4. The van der Waals surface area contributed by atoms with E-state index in [0.29, 0.717) is 5.71 Å². The molecule has 0 saturated carbocycles. The minimum Gasteiger partial charge on any atom is -0.456 e. The first-order chi connectivity index (χ1) is 24.3. The van der Waals surface area contributed by atoms with E-state index in [0.717, 1.165) is 77.3 Å². The van der Waals surface area contributed by atoms with Gasteiger partial charge in [0.15, 0.2) is 0 Å². The number of aromatic nitrogens is 1. The number of anilines is 3. The van der Waals surface area contributed by atoms with Crippen molar-refractivity contribution < 1.29 is 8.83 Å². The quantitative estimate of drug-likeness (QED) is 0.190. The Kier molecular flexibility index (Phi) is 6.15. The molecule has 7 aromatic carbocycles. The van der Waals surface area contributed by atoms with Gasteiger partial charge >= 0.3 is 0 Å². The van der Waals surface area contributed by atoms with E-state index in [4.69, 9.17) is 8.83 Å². The average molecular weight is 629 g/mol. The Bertz CT molecular complexity index is 2830. The Labute approximate surface area is 282 Å². The lowest BCUT2D eigenvalue weighted by atomic mass is 9.99. The molecule has 3 aromatic heterocycles. The minimum absolute atomic E-state index is 0.667. The third kappa shape index (κ3) is 4.57. The monoisotopic (exact) mass is 628 g/mol. The summed E-state index contributed by atoms with van der Waals surface area (Å²) in [4.78, 5) is 6.76. The smallest absolute Gasteiger partial charge is 0.227 e. The van der Waals surface area contributed by atoms with Crippen LogP contribution in [0.5, 0.6) is 0 Å². The zero-order valence-electron chi connectivity index (χ0n) is 26.4. The molecule has 0 amide bonds. The number of para-hydroxylation sites is 1. The van der Waals surface area contributed by atoms with E-state index < -0.39 is 0 Å². The molecule has 0 unspecified atom stereocenters. The number of hydrogen-bond donors (Lipinski definition) is 0. The van der Waals surface area contributed by atoms with Crippen LogP contribution >= 0.6 is 0 Å². The van der Waals surface area contributed by atoms with Crippen molar-refractivity contribution in [3.8, 4) is 22.3 Å². The van der Waals surface area contributed by atoms with E-state index >= 15 is 0 Å². The second kappa shape index (κ2) is 11.0. The van der Waals surface area contributed by atoms with Gasteiger partial charge in [-0.1, -0.05) is 84.9 Å². The van der Waals surface area contributed by atoms with Crippen LogP contribution in [0.2, 0.25) is 0 Å². The Balaban J connectivity index is 1.10. The summed E-state index contributed by atoms with van der Waals surface area (Å²) in [5.41, 5.74) is 11.2. The van der Waals surface area contributed by atoms with Gasteiger partial charge in [-0.2, -0.15) is 0 Å². The highest BCUT2D eigenvalue weighted by Gasteiger charge is 2.17. The Morgan fingerprint density at radius 3 is 2.00 bits per heavy atom. The highest BCUT2D eigenvalue weighted by Crippen LogP contribution is 2.41. The van der Waals surface area contributed by atoms with Crippen LogP contribution in [0.25, 0.3) is 77.0 Å².